The van der Waals surface area contributed by atoms with Crippen LogP contribution in [0.1, 0.15) is 23.9 Å². The van der Waals surface area contributed by atoms with Gasteiger partial charge >= 0.3 is 6.11 Å². The lowest BCUT2D eigenvalue weighted by Crippen LogP contribution is -2.18. The van der Waals surface area contributed by atoms with Crippen molar-refractivity contribution >= 4 is 0 Å². The van der Waals surface area contributed by atoms with E-state index in [1.54, 1.807) is 16.8 Å². The molecule has 0 unspecified atom stereocenters. The van der Waals surface area contributed by atoms with E-state index in [1.165, 1.54) is 17.7 Å². The molecule has 0 spiro atoms. The lowest BCUT2D eigenvalue weighted by atomic mass is 10.1. The Labute approximate surface area is 171 Å². The van der Waals surface area contributed by atoms with E-state index < -0.39 is 6.11 Å². The molecule has 0 saturated carbocycles. The Morgan fingerprint density at radius 1 is 1.03 bits per heavy atom. The van der Waals surface area contributed by atoms with Gasteiger partial charge in [0.15, 0.2) is 0 Å². The summed E-state index contributed by atoms with van der Waals surface area (Å²) in [6, 6.07) is 14.1. The summed E-state index contributed by atoms with van der Waals surface area (Å²) in [5.41, 5.74) is 2.87. The van der Waals surface area contributed by atoms with Crippen molar-refractivity contribution in [3.8, 4) is 28.9 Å². The maximum Gasteiger partial charge on any atom is 0.394 e. The number of hydrogen-bond donors (Lipinski definition) is 0. The van der Waals surface area contributed by atoms with E-state index in [0.717, 1.165) is 5.56 Å². The van der Waals surface area contributed by atoms with Crippen molar-refractivity contribution in [2.75, 3.05) is 0 Å². The molecule has 4 rings (SSSR count). The molecule has 4 aromatic rings. The number of ether oxygens (including phenoxy) is 1. The number of aromatic nitrogens is 5. The second kappa shape index (κ2) is 7.66. The third-order valence-corrected chi connectivity index (χ3v) is 4.30. The first-order valence-corrected chi connectivity index (χ1v) is 9.25. The second-order valence-electron chi connectivity index (χ2n) is 6.99. The largest absolute Gasteiger partial charge is 0.433 e. The van der Waals surface area contributed by atoms with Crippen molar-refractivity contribution in [2.24, 2.45) is 0 Å². The molecule has 0 aliphatic carbocycles. The highest BCUT2D eigenvalue weighted by molar-refractivity contribution is 5.57. The number of rotatable bonds is 6. The Bertz CT molecular complexity index is 1160. The molecule has 2 heterocycles. The molecule has 0 atom stereocenters. The molecule has 0 N–H and O–H groups in total. The van der Waals surface area contributed by atoms with Crippen LogP contribution in [0.4, 0.5) is 8.78 Å². The average molecular weight is 411 g/mol. The molecule has 2 aromatic carbocycles. The minimum Gasteiger partial charge on any atom is -0.433 e. The molecule has 154 valence electrons. The number of alkyl halides is 2. The number of hydrogen-bond acceptors (Lipinski definition) is 6. The highest BCUT2D eigenvalue weighted by Crippen LogP contribution is 2.25. The zero-order chi connectivity index (χ0) is 21.3. The molecule has 0 aliphatic heterocycles. The van der Waals surface area contributed by atoms with E-state index in [4.69, 9.17) is 4.52 Å². The number of benzene rings is 2. The van der Waals surface area contributed by atoms with Gasteiger partial charge in [0.2, 0.25) is 11.6 Å². The van der Waals surface area contributed by atoms with E-state index >= 15 is 0 Å². The Balaban J connectivity index is 1.53. The average Bonchev–Trinajstić information content (AvgIpc) is 3.29. The predicted octanol–water partition coefficient (Wildman–Crippen LogP) is 4.65. The van der Waals surface area contributed by atoms with Gasteiger partial charge in [0, 0.05) is 12.5 Å². The molecular formula is C21H19F2N5O2. The maximum absolute atomic E-state index is 12.9. The normalized spacial score (nSPS) is 11.6. The Morgan fingerprint density at radius 2 is 1.80 bits per heavy atom. The molecule has 0 fully saturated rings. The predicted molar refractivity (Wildman–Crippen MR) is 105 cm³/mol. The Hall–Kier alpha value is -3.62. The Kier molecular flexibility index (Phi) is 5.03. The molecule has 0 saturated heterocycles. The van der Waals surface area contributed by atoms with Gasteiger partial charge in [0.1, 0.15) is 11.6 Å². The van der Waals surface area contributed by atoms with Crippen LogP contribution in [0.3, 0.4) is 0 Å². The van der Waals surface area contributed by atoms with Crippen LogP contribution in [0, 0.1) is 13.8 Å². The van der Waals surface area contributed by atoms with E-state index in [9.17, 15) is 8.78 Å². The van der Waals surface area contributed by atoms with Crippen LogP contribution in [0.5, 0.6) is 5.75 Å². The van der Waals surface area contributed by atoms with Gasteiger partial charge in [-0.15, -0.1) is 5.10 Å². The second-order valence-corrected chi connectivity index (χ2v) is 6.99. The van der Waals surface area contributed by atoms with Crippen molar-refractivity contribution in [1.82, 2.24) is 24.9 Å². The molecule has 0 aliphatic rings. The molecule has 30 heavy (non-hydrogen) atoms. The van der Waals surface area contributed by atoms with Crippen LogP contribution in [0.25, 0.3) is 23.1 Å². The monoisotopic (exact) mass is 411 g/mol. The standard InChI is InChI=1S/C21H19F2N5O2/c1-13-5-4-6-15(11-13)12-28-14(2)24-19(26-28)20-25-18(27-30-20)16-7-9-17(10-8-16)29-21(3,22)23/h4-11H,12H2,1-3H3. The van der Waals surface area contributed by atoms with E-state index in [2.05, 4.69) is 31.0 Å². The summed E-state index contributed by atoms with van der Waals surface area (Å²) in [6.07, 6.45) is -3.25. The highest BCUT2D eigenvalue weighted by Gasteiger charge is 2.23. The summed E-state index contributed by atoms with van der Waals surface area (Å²) in [6.45, 7) is 5.14. The minimum atomic E-state index is -3.25. The van der Waals surface area contributed by atoms with Gasteiger partial charge < -0.3 is 9.26 Å². The van der Waals surface area contributed by atoms with Crippen molar-refractivity contribution in [2.45, 2.75) is 33.4 Å². The lowest BCUT2D eigenvalue weighted by Gasteiger charge is -2.12. The van der Waals surface area contributed by atoms with E-state index in [-0.39, 0.29) is 11.6 Å². The van der Waals surface area contributed by atoms with Crippen molar-refractivity contribution in [3.05, 3.63) is 65.5 Å². The molecule has 9 heteroatoms. The van der Waals surface area contributed by atoms with Gasteiger partial charge in [0.25, 0.3) is 5.89 Å². The van der Waals surface area contributed by atoms with Gasteiger partial charge in [-0.2, -0.15) is 13.8 Å². The van der Waals surface area contributed by atoms with Crippen LogP contribution in [-0.4, -0.2) is 31.0 Å². The van der Waals surface area contributed by atoms with Gasteiger partial charge in [-0.3, -0.25) is 0 Å². The lowest BCUT2D eigenvalue weighted by molar-refractivity contribution is -0.158. The summed E-state index contributed by atoms with van der Waals surface area (Å²) < 4.78 is 37.5. The summed E-state index contributed by atoms with van der Waals surface area (Å²) in [7, 11) is 0. The summed E-state index contributed by atoms with van der Waals surface area (Å²) in [5.74, 6) is 1.56. The molecular weight excluding hydrogens is 392 g/mol. The molecule has 0 radical (unpaired) electrons. The fourth-order valence-corrected chi connectivity index (χ4v) is 2.95. The first kappa shape index (κ1) is 19.7. The zero-order valence-electron chi connectivity index (χ0n) is 16.6. The molecule has 2 aromatic heterocycles. The van der Waals surface area contributed by atoms with Crippen LogP contribution >= 0.6 is 0 Å². The SMILES string of the molecule is Cc1cccc(Cn2nc(-c3nc(-c4ccc(OC(C)(F)F)cc4)no3)nc2C)c1. The first-order valence-electron chi connectivity index (χ1n) is 9.25. The fourth-order valence-electron chi connectivity index (χ4n) is 2.95. The zero-order valence-corrected chi connectivity index (χ0v) is 16.6. The van der Waals surface area contributed by atoms with Crippen LogP contribution in [0.2, 0.25) is 0 Å². The highest BCUT2D eigenvalue weighted by atomic mass is 19.3. The van der Waals surface area contributed by atoms with Gasteiger partial charge in [-0.25, -0.2) is 9.67 Å². The summed E-state index contributed by atoms with van der Waals surface area (Å²) in [5, 5.41) is 8.41. The minimum absolute atomic E-state index is 0.0437. The molecule has 7 nitrogen and oxygen atoms in total. The quantitative estimate of drug-likeness (QED) is 0.459. The topological polar surface area (TPSA) is 78.9 Å². The molecule has 0 bridgehead atoms. The van der Waals surface area contributed by atoms with Gasteiger partial charge in [-0.05, 0) is 43.7 Å². The van der Waals surface area contributed by atoms with Crippen LogP contribution in [-0.2, 0) is 6.54 Å². The molecule has 0 amide bonds. The number of halogens is 2. The van der Waals surface area contributed by atoms with Crippen molar-refractivity contribution in [1.29, 1.82) is 0 Å². The van der Waals surface area contributed by atoms with Gasteiger partial charge in [0.05, 0.1) is 6.54 Å². The van der Waals surface area contributed by atoms with Gasteiger partial charge in [-0.1, -0.05) is 35.0 Å². The van der Waals surface area contributed by atoms with Crippen LogP contribution in [0.15, 0.2) is 53.1 Å². The van der Waals surface area contributed by atoms with Crippen molar-refractivity contribution in [3.63, 3.8) is 0 Å². The van der Waals surface area contributed by atoms with E-state index in [1.807, 2.05) is 32.0 Å². The number of nitrogens with zero attached hydrogens (tertiary/aromatic N) is 5. The smallest absolute Gasteiger partial charge is 0.394 e. The third-order valence-electron chi connectivity index (χ3n) is 4.30. The van der Waals surface area contributed by atoms with E-state index in [0.29, 0.717) is 36.5 Å². The Morgan fingerprint density at radius 3 is 2.50 bits per heavy atom. The first-order chi connectivity index (χ1) is 14.3. The third kappa shape index (κ3) is 4.51. The van der Waals surface area contributed by atoms with Crippen molar-refractivity contribution < 1.29 is 18.0 Å². The maximum atomic E-state index is 12.9. The summed E-state index contributed by atoms with van der Waals surface area (Å²) in [4.78, 5) is 8.74. The fraction of sp³-hybridized carbons (Fsp3) is 0.238. The van der Waals surface area contributed by atoms with Crippen LogP contribution < -0.4 is 4.74 Å². The summed E-state index contributed by atoms with van der Waals surface area (Å²) >= 11 is 0. The number of aryl methyl sites for hydroxylation is 2.